The molecule has 3 N–H and O–H groups in total. The van der Waals surface area contributed by atoms with Crippen LogP contribution in [0.15, 0.2) is 16.6 Å². The van der Waals surface area contributed by atoms with Gasteiger partial charge in [0.05, 0.1) is 0 Å². The summed E-state index contributed by atoms with van der Waals surface area (Å²) < 4.78 is 13.8. The van der Waals surface area contributed by atoms with Gasteiger partial charge in [0.2, 0.25) is 0 Å². The van der Waals surface area contributed by atoms with Gasteiger partial charge in [0.15, 0.2) is 11.6 Å². The summed E-state index contributed by atoms with van der Waals surface area (Å²) in [6, 6.07) is 2.42. The molecule has 0 bridgehead atoms. The minimum Gasteiger partial charge on any atom is -0.505 e. The lowest BCUT2D eigenvalue weighted by molar-refractivity contribution is 0.410. The average molecular weight is 276 g/mol. The normalized spacial score (nSPS) is 13.2. The minimum atomic E-state index is -0.632. The molecule has 0 aromatic heterocycles. The topological polar surface area (TPSA) is 46.2 Å². The third kappa shape index (κ3) is 2.92. The fourth-order valence-electron chi connectivity index (χ4n) is 1.54. The number of nitrogens with two attached hydrogens (primary N) is 1. The molecule has 0 fully saturated rings. The van der Waals surface area contributed by atoms with Crippen LogP contribution in [0.5, 0.6) is 5.75 Å². The van der Waals surface area contributed by atoms with Gasteiger partial charge in [-0.3, -0.25) is 0 Å². The van der Waals surface area contributed by atoms with Crippen LogP contribution in [0.2, 0.25) is 0 Å². The lowest BCUT2D eigenvalue weighted by Crippen LogP contribution is -2.14. The van der Waals surface area contributed by atoms with E-state index in [1.165, 1.54) is 6.07 Å². The van der Waals surface area contributed by atoms with Crippen LogP contribution in [0.3, 0.4) is 0 Å². The standard InChI is InChI=1S/C11H15BrFNO/c1-6(2)5-9(14)10-7(12)3-4-8(13)11(10)15/h3-4,6,9,15H,5,14H2,1-2H3/t9-/m1/s1. The zero-order valence-electron chi connectivity index (χ0n) is 8.80. The largest absolute Gasteiger partial charge is 0.505 e. The molecule has 15 heavy (non-hydrogen) atoms. The molecule has 0 aliphatic heterocycles. The quantitative estimate of drug-likeness (QED) is 0.889. The summed E-state index contributed by atoms with van der Waals surface area (Å²) in [7, 11) is 0. The highest BCUT2D eigenvalue weighted by molar-refractivity contribution is 9.10. The number of hydrogen-bond acceptors (Lipinski definition) is 2. The molecule has 0 aliphatic rings. The Bertz CT molecular complexity index is 355. The van der Waals surface area contributed by atoms with Crippen molar-refractivity contribution in [3.05, 3.63) is 28.0 Å². The smallest absolute Gasteiger partial charge is 0.165 e. The van der Waals surface area contributed by atoms with Gasteiger partial charge in [0.25, 0.3) is 0 Å². The first-order valence-corrected chi connectivity index (χ1v) is 5.65. The molecule has 4 heteroatoms. The second kappa shape index (κ2) is 4.94. The van der Waals surface area contributed by atoms with E-state index in [9.17, 15) is 9.50 Å². The Morgan fingerprint density at radius 2 is 2.07 bits per heavy atom. The molecule has 0 saturated carbocycles. The second-order valence-corrected chi connectivity index (χ2v) is 4.88. The fourth-order valence-corrected chi connectivity index (χ4v) is 2.15. The molecule has 84 valence electrons. The van der Waals surface area contributed by atoms with Gasteiger partial charge < -0.3 is 10.8 Å². The molecule has 0 radical (unpaired) electrons. The van der Waals surface area contributed by atoms with Gasteiger partial charge in [-0.25, -0.2) is 4.39 Å². The predicted octanol–water partition coefficient (Wildman–Crippen LogP) is 3.34. The summed E-state index contributed by atoms with van der Waals surface area (Å²) in [6.45, 7) is 4.06. The van der Waals surface area contributed by atoms with Crippen LogP contribution in [-0.2, 0) is 0 Å². The number of phenolic OH excluding ortho intramolecular Hbond substituents is 1. The summed E-state index contributed by atoms with van der Waals surface area (Å²) in [6.07, 6.45) is 0.704. The first-order valence-electron chi connectivity index (χ1n) is 4.86. The molecular formula is C11H15BrFNO. The van der Waals surface area contributed by atoms with Crippen molar-refractivity contribution >= 4 is 15.9 Å². The molecule has 0 heterocycles. The van der Waals surface area contributed by atoms with Crippen LogP contribution in [0.4, 0.5) is 4.39 Å². The predicted molar refractivity (Wildman–Crippen MR) is 62.1 cm³/mol. The number of aromatic hydroxyl groups is 1. The van der Waals surface area contributed by atoms with Crippen molar-refractivity contribution in [2.45, 2.75) is 26.3 Å². The average Bonchev–Trinajstić information content (AvgIpc) is 2.11. The molecule has 0 aliphatic carbocycles. The molecule has 1 aromatic carbocycles. The summed E-state index contributed by atoms with van der Waals surface area (Å²) >= 11 is 3.27. The summed E-state index contributed by atoms with van der Waals surface area (Å²) in [5.74, 6) is -0.584. The number of halogens is 2. The Balaban J connectivity index is 3.07. The van der Waals surface area contributed by atoms with Gasteiger partial charge in [0, 0.05) is 16.1 Å². The third-order valence-corrected chi connectivity index (χ3v) is 2.90. The van der Waals surface area contributed by atoms with Crippen molar-refractivity contribution in [2.75, 3.05) is 0 Å². The molecule has 2 nitrogen and oxygen atoms in total. The molecule has 0 spiro atoms. The van der Waals surface area contributed by atoms with Crippen LogP contribution >= 0.6 is 15.9 Å². The SMILES string of the molecule is CC(C)C[C@@H](N)c1c(Br)ccc(F)c1O. The highest BCUT2D eigenvalue weighted by Crippen LogP contribution is 2.35. The lowest BCUT2D eigenvalue weighted by atomic mass is 9.97. The first-order chi connectivity index (χ1) is 6.93. The highest BCUT2D eigenvalue weighted by Gasteiger charge is 2.18. The lowest BCUT2D eigenvalue weighted by Gasteiger charge is -2.17. The maximum atomic E-state index is 13.1. The fraction of sp³-hybridized carbons (Fsp3) is 0.455. The molecule has 0 unspecified atom stereocenters. The number of benzene rings is 1. The highest BCUT2D eigenvalue weighted by atomic mass is 79.9. The first kappa shape index (κ1) is 12.5. The number of phenols is 1. The van der Waals surface area contributed by atoms with Crippen molar-refractivity contribution in [3.63, 3.8) is 0 Å². The Morgan fingerprint density at radius 3 is 2.60 bits per heavy atom. The molecule has 0 amide bonds. The van der Waals surface area contributed by atoms with Crippen LogP contribution in [0.25, 0.3) is 0 Å². The monoisotopic (exact) mass is 275 g/mol. The van der Waals surface area contributed by atoms with E-state index in [2.05, 4.69) is 15.9 Å². The molecule has 1 aromatic rings. The second-order valence-electron chi connectivity index (χ2n) is 4.03. The van der Waals surface area contributed by atoms with E-state index in [-0.39, 0.29) is 11.8 Å². The van der Waals surface area contributed by atoms with E-state index < -0.39 is 5.82 Å². The molecule has 1 atom stereocenters. The van der Waals surface area contributed by atoms with Crippen molar-refractivity contribution in [1.29, 1.82) is 0 Å². The summed E-state index contributed by atoms with van der Waals surface area (Å²) in [5.41, 5.74) is 6.36. The van der Waals surface area contributed by atoms with Gasteiger partial charge in [-0.15, -0.1) is 0 Å². The van der Waals surface area contributed by atoms with Gasteiger partial charge in [-0.1, -0.05) is 29.8 Å². The van der Waals surface area contributed by atoms with E-state index in [1.54, 1.807) is 6.07 Å². The third-order valence-electron chi connectivity index (χ3n) is 2.21. The number of hydrogen-bond donors (Lipinski definition) is 2. The van der Waals surface area contributed by atoms with Crippen LogP contribution < -0.4 is 5.73 Å². The van der Waals surface area contributed by atoms with Gasteiger partial charge >= 0.3 is 0 Å². The van der Waals surface area contributed by atoms with E-state index in [4.69, 9.17) is 5.73 Å². The number of rotatable bonds is 3. The minimum absolute atomic E-state index is 0.350. The summed E-state index contributed by atoms with van der Waals surface area (Å²) in [5, 5.41) is 9.58. The summed E-state index contributed by atoms with van der Waals surface area (Å²) in [4.78, 5) is 0. The van der Waals surface area contributed by atoms with Gasteiger partial charge in [-0.05, 0) is 24.5 Å². The van der Waals surface area contributed by atoms with Crippen molar-refractivity contribution in [3.8, 4) is 5.75 Å². The van der Waals surface area contributed by atoms with Gasteiger partial charge in [-0.2, -0.15) is 0 Å². The van der Waals surface area contributed by atoms with Crippen LogP contribution in [-0.4, -0.2) is 5.11 Å². The molecule has 0 saturated heterocycles. The van der Waals surface area contributed by atoms with E-state index in [0.29, 0.717) is 22.4 Å². The van der Waals surface area contributed by atoms with E-state index >= 15 is 0 Å². The van der Waals surface area contributed by atoms with Crippen molar-refractivity contribution in [1.82, 2.24) is 0 Å². The Hall–Kier alpha value is -0.610. The van der Waals surface area contributed by atoms with Crippen molar-refractivity contribution < 1.29 is 9.50 Å². The molecular weight excluding hydrogens is 261 g/mol. The zero-order valence-corrected chi connectivity index (χ0v) is 10.4. The zero-order chi connectivity index (χ0) is 11.6. The maximum absolute atomic E-state index is 13.1. The van der Waals surface area contributed by atoms with Crippen LogP contribution in [0.1, 0.15) is 31.9 Å². The Kier molecular flexibility index (Phi) is 4.11. The van der Waals surface area contributed by atoms with Crippen molar-refractivity contribution in [2.24, 2.45) is 11.7 Å². The van der Waals surface area contributed by atoms with Gasteiger partial charge in [0.1, 0.15) is 0 Å². The van der Waals surface area contributed by atoms with Crippen LogP contribution in [0, 0.1) is 11.7 Å². The molecule has 1 rings (SSSR count). The maximum Gasteiger partial charge on any atom is 0.165 e. The van der Waals surface area contributed by atoms with E-state index in [0.717, 1.165) is 0 Å². The Labute approximate surface area is 97.4 Å². The van der Waals surface area contributed by atoms with E-state index in [1.807, 2.05) is 13.8 Å². The Morgan fingerprint density at radius 1 is 1.47 bits per heavy atom.